The highest BCUT2D eigenvalue weighted by atomic mass is 32.1. The standard InChI is InChI=1S/C13H14N4OS/c1-3-11-10(8-16(2)15-11)12(18)6-9-7-17-4-5-19-13(17)14-9/h4-5,7-8H,3,6H2,1-2H3. The summed E-state index contributed by atoms with van der Waals surface area (Å²) in [6.45, 7) is 2.01. The molecule has 3 heterocycles. The third-order valence-electron chi connectivity index (χ3n) is 3.03. The van der Waals surface area contributed by atoms with E-state index in [2.05, 4.69) is 10.1 Å². The van der Waals surface area contributed by atoms with Gasteiger partial charge in [-0.15, -0.1) is 11.3 Å². The van der Waals surface area contributed by atoms with E-state index >= 15 is 0 Å². The van der Waals surface area contributed by atoms with Gasteiger partial charge in [0.15, 0.2) is 10.7 Å². The summed E-state index contributed by atoms with van der Waals surface area (Å²) in [5.41, 5.74) is 2.37. The number of aryl methyl sites for hydroxylation is 2. The molecular weight excluding hydrogens is 260 g/mol. The van der Waals surface area contributed by atoms with Crippen molar-refractivity contribution in [2.75, 3.05) is 0 Å². The van der Waals surface area contributed by atoms with Crippen LogP contribution in [-0.2, 0) is 19.9 Å². The lowest BCUT2D eigenvalue weighted by Gasteiger charge is -1.97. The minimum Gasteiger partial charge on any atom is -0.297 e. The number of imidazole rings is 1. The molecule has 0 aliphatic carbocycles. The second-order valence-electron chi connectivity index (χ2n) is 4.44. The summed E-state index contributed by atoms with van der Waals surface area (Å²) in [5, 5.41) is 6.27. The van der Waals surface area contributed by atoms with Crippen molar-refractivity contribution in [3.8, 4) is 0 Å². The lowest BCUT2D eigenvalue weighted by molar-refractivity contribution is 0.0991. The average molecular weight is 274 g/mol. The molecule has 0 fully saturated rings. The van der Waals surface area contributed by atoms with Crippen LogP contribution in [0.15, 0.2) is 24.0 Å². The molecule has 3 aromatic heterocycles. The Morgan fingerprint density at radius 2 is 2.26 bits per heavy atom. The van der Waals surface area contributed by atoms with Crippen molar-refractivity contribution in [2.24, 2.45) is 7.05 Å². The Bertz CT molecular complexity index is 708. The van der Waals surface area contributed by atoms with Crippen LogP contribution in [0.25, 0.3) is 4.96 Å². The largest absolute Gasteiger partial charge is 0.297 e. The summed E-state index contributed by atoms with van der Waals surface area (Å²) in [6.07, 6.45) is 6.74. The zero-order chi connectivity index (χ0) is 13.4. The van der Waals surface area contributed by atoms with Gasteiger partial charge in [-0.25, -0.2) is 4.98 Å². The molecular formula is C13H14N4OS. The van der Waals surface area contributed by atoms with E-state index in [-0.39, 0.29) is 5.78 Å². The topological polar surface area (TPSA) is 52.2 Å². The fourth-order valence-corrected chi connectivity index (χ4v) is 2.87. The quantitative estimate of drug-likeness (QED) is 0.685. The predicted octanol–water partition coefficient (Wildman–Crippen LogP) is 2.12. The molecule has 5 nitrogen and oxygen atoms in total. The van der Waals surface area contributed by atoms with Gasteiger partial charge < -0.3 is 0 Å². The lowest BCUT2D eigenvalue weighted by atomic mass is 10.1. The minimum absolute atomic E-state index is 0.0794. The molecule has 3 rings (SSSR count). The van der Waals surface area contributed by atoms with Gasteiger partial charge in [-0.1, -0.05) is 6.92 Å². The summed E-state index contributed by atoms with van der Waals surface area (Å²) in [7, 11) is 1.84. The molecule has 0 saturated heterocycles. The highest BCUT2D eigenvalue weighted by Crippen LogP contribution is 2.15. The average Bonchev–Trinajstić information content (AvgIpc) is 3.02. The number of hydrogen-bond acceptors (Lipinski definition) is 4. The van der Waals surface area contributed by atoms with Gasteiger partial charge in [0, 0.05) is 31.0 Å². The van der Waals surface area contributed by atoms with E-state index in [0.717, 1.165) is 22.8 Å². The summed E-state index contributed by atoms with van der Waals surface area (Å²) in [4.78, 5) is 17.7. The first kappa shape index (κ1) is 12.1. The molecule has 0 bridgehead atoms. The highest BCUT2D eigenvalue weighted by Gasteiger charge is 2.16. The Morgan fingerprint density at radius 1 is 1.42 bits per heavy atom. The molecule has 0 spiro atoms. The van der Waals surface area contributed by atoms with Gasteiger partial charge in [-0.2, -0.15) is 5.10 Å². The van der Waals surface area contributed by atoms with Gasteiger partial charge in [0.1, 0.15) is 0 Å². The fraction of sp³-hybridized carbons (Fsp3) is 0.308. The molecule has 98 valence electrons. The Labute approximate surface area is 114 Å². The maximum atomic E-state index is 12.3. The third kappa shape index (κ3) is 2.19. The summed E-state index contributed by atoms with van der Waals surface area (Å²) < 4.78 is 3.63. The van der Waals surface area contributed by atoms with E-state index in [4.69, 9.17) is 0 Å². The van der Waals surface area contributed by atoms with Crippen LogP contribution in [0.1, 0.15) is 28.7 Å². The van der Waals surface area contributed by atoms with E-state index in [9.17, 15) is 4.79 Å². The zero-order valence-electron chi connectivity index (χ0n) is 10.8. The number of nitrogens with zero attached hydrogens (tertiary/aromatic N) is 4. The van der Waals surface area contributed by atoms with Gasteiger partial charge in [0.05, 0.1) is 23.4 Å². The van der Waals surface area contributed by atoms with Crippen molar-refractivity contribution < 1.29 is 4.79 Å². The van der Waals surface area contributed by atoms with Crippen LogP contribution in [0.4, 0.5) is 0 Å². The third-order valence-corrected chi connectivity index (χ3v) is 3.80. The number of ketones is 1. The normalized spacial score (nSPS) is 11.3. The Hall–Kier alpha value is -1.95. The predicted molar refractivity (Wildman–Crippen MR) is 73.7 cm³/mol. The number of carbonyl (C=O) groups excluding carboxylic acids is 1. The second-order valence-corrected chi connectivity index (χ2v) is 5.31. The SMILES string of the molecule is CCc1nn(C)cc1C(=O)Cc1cn2ccsc2n1. The smallest absolute Gasteiger partial charge is 0.193 e. The van der Waals surface area contributed by atoms with E-state index in [1.165, 1.54) is 0 Å². The Morgan fingerprint density at radius 3 is 3.00 bits per heavy atom. The van der Waals surface area contributed by atoms with Crippen LogP contribution in [0, 0.1) is 0 Å². The van der Waals surface area contributed by atoms with E-state index in [1.807, 2.05) is 36.1 Å². The monoisotopic (exact) mass is 274 g/mol. The number of aromatic nitrogens is 4. The first-order valence-corrected chi connectivity index (χ1v) is 7.02. The van der Waals surface area contributed by atoms with Crippen molar-refractivity contribution in [1.82, 2.24) is 19.2 Å². The number of carbonyl (C=O) groups is 1. The van der Waals surface area contributed by atoms with E-state index in [0.29, 0.717) is 12.0 Å². The van der Waals surface area contributed by atoms with E-state index < -0.39 is 0 Å². The number of hydrogen-bond donors (Lipinski definition) is 0. The van der Waals surface area contributed by atoms with Gasteiger partial charge in [0.25, 0.3) is 0 Å². The maximum absolute atomic E-state index is 12.3. The number of fused-ring (bicyclic) bond motifs is 1. The van der Waals surface area contributed by atoms with Crippen LogP contribution >= 0.6 is 11.3 Å². The summed E-state index contributed by atoms with van der Waals surface area (Å²) in [6, 6.07) is 0. The van der Waals surface area contributed by atoms with Crippen LogP contribution in [-0.4, -0.2) is 24.9 Å². The molecule has 19 heavy (non-hydrogen) atoms. The van der Waals surface area contributed by atoms with Crippen molar-refractivity contribution >= 4 is 22.1 Å². The zero-order valence-corrected chi connectivity index (χ0v) is 11.6. The molecule has 0 saturated carbocycles. The minimum atomic E-state index is 0.0794. The molecule has 0 aliphatic heterocycles. The maximum Gasteiger partial charge on any atom is 0.193 e. The van der Waals surface area contributed by atoms with Gasteiger partial charge in [-0.05, 0) is 6.42 Å². The molecule has 0 aromatic carbocycles. The highest BCUT2D eigenvalue weighted by molar-refractivity contribution is 7.15. The van der Waals surface area contributed by atoms with Crippen molar-refractivity contribution in [3.05, 3.63) is 40.9 Å². The first-order chi connectivity index (χ1) is 9.17. The van der Waals surface area contributed by atoms with Gasteiger partial charge in [0.2, 0.25) is 0 Å². The van der Waals surface area contributed by atoms with Gasteiger partial charge in [-0.3, -0.25) is 13.9 Å². The first-order valence-electron chi connectivity index (χ1n) is 6.14. The second kappa shape index (κ2) is 4.62. The van der Waals surface area contributed by atoms with Crippen molar-refractivity contribution in [2.45, 2.75) is 19.8 Å². The molecule has 0 aliphatic rings. The van der Waals surface area contributed by atoms with Crippen LogP contribution in [0.5, 0.6) is 0 Å². The van der Waals surface area contributed by atoms with E-state index in [1.54, 1.807) is 22.2 Å². The lowest BCUT2D eigenvalue weighted by Crippen LogP contribution is -2.05. The summed E-state index contributed by atoms with van der Waals surface area (Å²) >= 11 is 1.57. The molecule has 0 atom stereocenters. The number of thiazole rings is 1. The van der Waals surface area contributed by atoms with Crippen LogP contribution in [0.2, 0.25) is 0 Å². The molecule has 6 heteroatoms. The Kier molecular flexibility index (Phi) is 2.94. The number of Topliss-reactive ketones (excluding diaryl/α,β-unsaturated/α-hetero) is 1. The molecule has 0 radical (unpaired) electrons. The molecule has 0 unspecified atom stereocenters. The molecule has 3 aromatic rings. The molecule has 0 amide bonds. The summed E-state index contributed by atoms with van der Waals surface area (Å²) in [5.74, 6) is 0.0794. The molecule has 0 N–H and O–H groups in total. The number of rotatable bonds is 4. The van der Waals surface area contributed by atoms with Crippen LogP contribution in [0.3, 0.4) is 0 Å². The van der Waals surface area contributed by atoms with Gasteiger partial charge >= 0.3 is 0 Å². The van der Waals surface area contributed by atoms with Crippen molar-refractivity contribution in [3.63, 3.8) is 0 Å². The van der Waals surface area contributed by atoms with Crippen molar-refractivity contribution in [1.29, 1.82) is 0 Å². The fourth-order valence-electron chi connectivity index (χ4n) is 2.15. The van der Waals surface area contributed by atoms with Crippen LogP contribution < -0.4 is 0 Å². The Balaban J connectivity index is 1.86.